The molecule has 1 aromatic heterocycles. The molecule has 0 saturated heterocycles. The molecule has 1 N–H and O–H groups in total. The third-order valence-corrected chi connectivity index (χ3v) is 2.24. The maximum Gasteiger partial charge on any atom is 0.373 e. The van der Waals surface area contributed by atoms with Gasteiger partial charge in [-0.1, -0.05) is 6.08 Å². The molecular weight excluding hydrogens is 206 g/mol. The van der Waals surface area contributed by atoms with Crippen LogP contribution in [0.2, 0.25) is 0 Å². The fraction of sp³-hybridized carbons (Fsp3) is 0.417. The Morgan fingerprint density at radius 3 is 3.06 bits per heavy atom. The van der Waals surface area contributed by atoms with E-state index in [0.717, 1.165) is 18.7 Å². The highest BCUT2D eigenvalue weighted by Crippen LogP contribution is 2.16. The number of esters is 1. The summed E-state index contributed by atoms with van der Waals surface area (Å²) in [6.07, 6.45) is 2.75. The summed E-state index contributed by atoms with van der Waals surface area (Å²) < 4.78 is 9.93. The summed E-state index contributed by atoms with van der Waals surface area (Å²) in [6, 6.07) is 3.46. The van der Waals surface area contributed by atoms with Gasteiger partial charge in [0, 0.05) is 0 Å². The van der Waals surface area contributed by atoms with E-state index < -0.39 is 5.97 Å². The number of hydrogen-bond donors (Lipinski definition) is 1. The van der Waals surface area contributed by atoms with Crippen LogP contribution in [0, 0.1) is 0 Å². The summed E-state index contributed by atoms with van der Waals surface area (Å²) in [4.78, 5) is 11.2. The first-order valence-electron chi connectivity index (χ1n) is 5.21. The van der Waals surface area contributed by atoms with Gasteiger partial charge in [0.05, 0.1) is 13.2 Å². The second kappa shape index (κ2) is 6.12. The minimum Gasteiger partial charge on any atom is -0.463 e. The van der Waals surface area contributed by atoms with Crippen molar-refractivity contribution >= 4 is 5.97 Å². The van der Waals surface area contributed by atoms with Crippen LogP contribution in [-0.2, 0) is 4.74 Å². The Kier molecular flexibility index (Phi) is 4.79. The highest BCUT2D eigenvalue weighted by Gasteiger charge is 2.14. The largest absolute Gasteiger partial charge is 0.463 e. The Morgan fingerprint density at radius 2 is 2.44 bits per heavy atom. The Labute approximate surface area is 95.3 Å². The first kappa shape index (κ1) is 12.5. The van der Waals surface area contributed by atoms with Gasteiger partial charge in [0.25, 0.3) is 0 Å². The van der Waals surface area contributed by atoms with E-state index in [4.69, 9.17) is 4.42 Å². The molecule has 0 spiro atoms. The van der Waals surface area contributed by atoms with Crippen LogP contribution < -0.4 is 5.32 Å². The SMILES string of the molecule is C=CCCNC(C)c1ccc(C(=O)OC)o1. The maximum absolute atomic E-state index is 11.2. The van der Waals surface area contributed by atoms with Gasteiger partial charge < -0.3 is 14.5 Å². The zero-order chi connectivity index (χ0) is 12.0. The molecule has 4 nitrogen and oxygen atoms in total. The van der Waals surface area contributed by atoms with Crippen molar-refractivity contribution < 1.29 is 13.9 Å². The van der Waals surface area contributed by atoms with E-state index in [-0.39, 0.29) is 11.8 Å². The second-order valence-corrected chi connectivity index (χ2v) is 3.45. The summed E-state index contributed by atoms with van der Waals surface area (Å²) in [5, 5.41) is 3.25. The number of carbonyl (C=O) groups excluding carboxylic acids is 1. The first-order valence-corrected chi connectivity index (χ1v) is 5.21. The van der Waals surface area contributed by atoms with E-state index >= 15 is 0 Å². The maximum atomic E-state index is 11.2. The van der Waals surface area contributed by atoms with Gasteiger partial charge in [-0.3, -0.25) is 0 Å². The van der Waals surface area contributed by atoms with Crippen LogP contribution in [0.3, 0.4) is 0 Å². The lowest BCUT2D eigenvalue weighted by molar-refractivity contribution is 0.0562. The molecule has 1 rings (SSSR count). The molecule has 0 radical (unpaired) electrons. The molecule has 0 aliphatic carbocycles. The number of rotatable bonds is 6. The van der Waals surface area contributed by atoms with Crippen LogP contribution in [0.5, 0.6) is 0 Å². The lowest BCUT2D eigenvalue weighted by Gasteiger charge is -2.09. The molecule has 0 amide bonds. The van der Waals surface area contributed by atoms with E-state index in [1.54, 1.807) is 12.1 Å². The van der Waals surface area contributed by atoms with Crippen molar-refractivity contribution in [2.75, 3.05) is 13.7 Å². The smallest absolute Gasteiger partial charge is 0.373 e. The average Bonchev–Trinajstić information content (AvgIpc) is 2.77. The Bertz CT molecular complexity index is 357. The van der Waals surface area contributed by atoms with Crippen LogP contribution in [0.4, 0.5) is 0 Å². The predicted octanol–water partition coefficient (Wildman–Crippen LogP) is 2.29. The Hall–Kier alpha value is -1.55. The Morgan fingerprint density at radius 1 is 1.69 bits per heavy atom. The van der Waals surface area contributed by atoms with E-state index in [2.05, 4.69) is 16.6 Å². The van der Waals surface area contributed by atoms with Crippen LogP contribution in [-0.4, -0.2) is 19.6 Å². The molecule has 0 saturated carbocycles. The van der Waals surface area contributed by atoms with Crippen molar-refractivity contribution in [3.8, 4) is 0 Å². The fourth-order valence-corrected chi connectivity index (χ4v) is 1.30. The first-order chi connectivity index (χ1) is 7.69. The lowest BCUT2D eigenvalue weighted by atomic mass is 10.2. The lowest BCUT2D eigenvalue weighted by Crippen LogP contribution is -2.18. The third-order valence-electron chi connectivity index (χ3n) is 2.24. The van der Waals surface area contributed by atoms with Crippen LogP contribution in [0.15, 0.2) is 29.2 Å². The minimum atomic E-state index is -0.454. The number of carbonyl (C=O) groups is 1. The molecule has 0 aromatic carbocycles. The van der Waals surface area contributed by atoms with Gasteiger partial charge in [0.2, 0.25) is 5.76 Å². The van der Waals surface area contributed by atoms with Crippen LogP contribution >= 0.6 is 0 Å². The molecule has 88 valence electrons. The quantitative estimate of drug-likeness (QED) is 0.456. The van der Waals surface area contributed by atoms with Gasteiger partial charge in [-0.25, -0.2) is 4.79 Å². The van der Waals surface area contributed by atoms with Crippen molar-refractivity contribution in [2.24, 2.45) is 0 Å². The van der Waals surface area contributed by atoms with Crippen LogP contribution in [0.25, 0.3) is 0 Å². The molecule has 1 heterocycles. The van der Waals surface area contributed by atoms with Crippen molar-refractivity contribution in [3.05, 3.63) is 36.3 Å². The van der Waals surface area contributed by atoms with Gasteiger partial charge in [-0.15, -0.1) is 6.58 Å². The zero-order valence-electron chi connectivity index (χ0n) is 9.66. The second-order valence-electron chi connectivity index (χ2n) is 3.45. The standard InChI is InChI=1S/C12H17NO3/c1-4-5-8-13-9(2)10-6-7-11(16-10)12(14)15-3/h4,6-7,9,13H,1,5,8H2,2-3H3. The fourth-order valence-electron chi connectivity index (χ4n) is 1.30. The highest BCUT2D eigenvalue weighted by atomic mass is 16.5. The average molecular weight is 223 g/mol. The van der Waals surface area contributed by atoms with Gasteiger partial charge in [-0.2, -0.15) is 0 Å². The molecule has 1 unspecified atom stereocenters. The monoisotopic (exact) mass is 223 g/mol. The minimum absolute atomic E-state index is 0.0679. The molecule has 0 fully saturated rings. The number of nitrogens with one attached hydrogen (secondary N) is 1. The molecule has 1 atom stereocenters. The highest BCUT2D eigenvalue weighted by molar-refractivity contribution is 5.86. The van der Waals surface area contributed by atoms with Crippen molar-refractivity contribution in [2.45, 2.75) is 19.4 Å². The van der Waals surface area contributed by atoms with E-state index in [9.17, 15) is 4.79 Å². The molecular formula is C12H17NO3. The summed E-state index contributed by atoms with van der Waals surface area (Å²) in [5.74, 6) is 0.504. The predicted molar refractivity (Wildman–Crippen MR) is 61.3 cm³/mol. The summed E-state index contributed by atoms with van der Waals surface area (Å²) in [5.41, 5.74) is 0. The molecule has 0 aliphatic heterocycles. The van der Waals surface area contributed by atoms with Crippen LogP contribution in [0.1, 0.15) is 35.7 Å². The molecule has 0 bridgehead atoms. The Balaban J connectivity index is 2.55. The third kappa shape index (κ3) is 3.24. The van der Waals surface area contributed by atoms with E-state index in [1.807, 2.05) is 13.0 Å². The van der Waals surface area contributed by atoms with Gasteiger partial charge in [0.15, 0.2) is 0 Å². The van der Waals surface area contributed by atoms with Crippen molar-refractivity contribution in [1.82, 2.24) is 5.32 Å². The van der Waals surface area contributed by atoms with Crippen molar-refractivity contribution in [3.63, 3.8) is 0 Å². The van der Waals surface area contributed by atoms with Gasteiger partial charge in [-0.05, 0) is 32.0 Å². The summed E-state index contributed by atoms with van der Waals surface area (Å²) in [7, 11) is 1.33. The van der Waals surface area contributed by atoms with Crippen molar-refractivity contribution in [1.29, 1.82) is 0 Å². The number of hydrogen-bond acceptors (Lipinski definition) is 4. The van der Waals surface area contributed by atoms with E-state index in [0.29, 0.717) is 0 Å². The normalized spacial score (nSPS) is 12.1. The number of furan rings is 1. The number of methoxy groups -OCH3 is 1. The molecule has 16 heavy (non-hydrogen) atoms. The zero-order valence-corrected chi connectivity index (χ0v) is 9.66. The van der Waals surface area contributed by atoms with Gasteiger partial charge in [0.1, 0.15) is 5.76 Å². The number of ether oxygens (including phenoxy) is 1. The molecule has 4 heteroatoms. The summed E-state index contributed by atoms with van der Waals surface area (Å²) >= 11 is 0. The molecule has 0 aliphatic rings. The topological polar surface area (TPSA) is 51.5 Å². The molecule has 1 aromatic rings. The summed E-state index contributed by atoms with van der Waals surface area (Å²) in [6.45, 7) is 6.45. The van der Waals surface area contributed by atoms with E-state index in [1.165, 1.54) is 7.11 Å². The van der Waals surface area contributed by atoms with Gasteiger partial charge >= 0.3 is 5.97 Å².